The lowest BCUT2D eigenvalue weighted by Crippen LogP contribution is -2.28. The molecule has 1 heterocycles. The third kappa shape index (κ3) is 3.13. The third-order valence-electron chi connectivity index (χ3n) is 3.08. The van der Waals surface area contributed by atoms with E-state index in [4.69, 9.17) is 5.73 Å². The SMILES string of the molecule is Cc1cc(=O)c(C(=O)NCc2ccccc2CN)c[nH]1. The lowest BCUT2D eigenvalue weighted by atomic mass is 10.1. The minimum absolute atomic E-state index is 0.112. The van der Waals surface area contributed by atoms with Crippen LogP contribution in [0.1, 0.15) is 27.2 Å². The van der Waals surface area contributed by atoms with Crippen LogP contribution in [0.3, 0.4) is 0 Å². The van der Waals surface area contributed by atoms with E-state index in [9.17, 15) is 9.59 Å². The topological polar surface area (TPSA) is 88.0 Å². The van der Waals surface area contributed by atoms with Crippen LogP contribution in [-0.4, -0.2) is 10.9 Å². The second-order valence-corrected chi connectivity index (χ2v) is 4.55. The molecule has 1 aromatic carbocycles. The quantitative estimate of drug-likeness (QED) is 0.777. The van der Waals surface area contributed by atoms with Crippen LogP contribution in [0.5, 0.6) is 0 Å². The second-order valence-electron chi connectivity index (χ2n) is 4.55. The largest absolute Gasteiger partial charge is 0.364 e. The second kappa shape index (κ2) is 6.16. The number of carbonyl (C=O) groups excluding carboxylic acids is 1. The fraction of sp³-hybridized carbons (Fsp3) is 0.200. The van der Waals surface area contributed by atoms with Gasteiger partial charge in [-0.1, -0.05) is 24.3 Å². The van der Waals surface area contributed by atoms with Gasteiger partial charge in [-0.15, -0.1) is 0 Å². The highest BCUT2D eigenvalue weighted by Gasteiger charge is 2.10. The van der Waals surface area contributed by atoms with Gasteiger partial charge in [0.05, 0.1) is 0 Å². The summed E-state index contributed by atoms with van der Waals surface area (Å²) >= 11 is 0. The van der Waals surface area contributed by atoms with Gasteiger partial charge in [0.1, 0.15) is 5.56 Å². The number of benzene rings is 1. The van der Waals surface area contributed by atoms with E-state index in [1.54, 1.807) is 6.92 Å². The Balaban J connectivity index is 2.11. The molecular weight excluding hydrogens is 254 g/mol. The summed E-state index contributed by atoms with van der Waals surface area (Å²) < 4.78 is 0. The molecule has 0 radical (unpaired) electrons. The van der Waals surface area contributed by atoms with E-state index in [0.717, 1.165) is 16.8 Å². The highest BCUT2D eigenvalue weighted by Crippen LogP contribution is 2.07. The number of hydrogen-bond acceptors (Lipinski definition) is 3. The highest BCUT2D eigenvalue weighted by atomic mass is 16.2. The summed E-state index contributed by atoms with van der Waals surface area (Å²) in [6, 6.07) is 9.02. The van der Waals surface area contributed by atoms with Crippen LogP contribution in [0.4, 0.5) is 0 Å². The Hall–Kier alpha value is -2.40. The minimum Gasteiger partial charge on any atom is -0.364 e. The number of aromatic amines is 1. The predicted octanol–water partition coefficient (Wildman–Crippen LogP) is 1.07. The number of aryl methyl sites for hydroxylation is 1. The first-order chi connectivity index (χ1) is 9.61. The molecule has 20 heavy (non-hydrogen) atoms. The highest BCUT2D eigenvalue weighted by molar-refractivity contribution is 5.93. The van der Waals surface area contributed by atoms with Crippen LogP contribution in [0.25, 0.3) is 0 Å². The molecule has 5 nitrogen and oxygen atoms in total. The van der Waals surface area contributed by atoms with E-state index in [1.807, 2.05) is 24.3 Å². The Bertz CT molecular complexity index is 677. The van der Waals surface area contributed by atoms with Crippen molar-refractivity contribution in [2.75, 3.05) is 0 Å². The van der Waals surface area contributed by atoms with Gasteiger partial charge in [-0.25, -0.2) is 0 Å². The lowest BCUT2D eigenvalue weighted by Gasteiger charge is -2.09. The number of hydrogen-bond donors (Lipinski definition) is 3. The van der Waals surface area contributed by atoms with Crippen LogP contribution in [0.2, 0.25) is 0 Å². The minimum atomic E-state index is -0.391. The van der Waals surface area contributed by atoms with Gasteiger partial charge in [0.2, 0.25) is 0 Å². The number of H-pyrrole nitrogens is 1. The molecule has 0 aliphatic rings. The molecule has 1 amide bonds. The van der Waals surface area contributed by atoms with E-state index >= 15 is 0 Å². The Kier molecular flexibility index (Phi) is 4.32. The molecule has 0 saturated heterocycles. The van der Waals surface area contributed by atoms with Gasteiger partial charge in [-0.05, 0) is 18.1 Å². The van der Waals surface area contributed by atoms with Crippen molar-refractivity contribution in [1.29, 1.82) is 0 Å². The van der Waals surface area contributed by atoms with E-state index in [2.05, 4.69) is 10.3 Å². The Morgan fingerprint density at radius 2 is 2.00 bits per heavy atom. The molecule has 0 aliphatic heterocycles. The number of pyridine rings is 1. The Morgan fingerprint density at radius 1 is 1.30 bits per heavy atom. The maximum absolute atomic E-state index is 12.0. The monoisotopic (exact) mass is 271 g/mol. The fourth-order valence-corrected chi connectivity index (χ4v) is 1.95. The molecule has 104 valence electrons. The standard InChI is InChI=1S/C15H17N3O2/c1-10-6-14(19)13(9-17-10)15(20)18-8-12-5-3-2-4-11(12)7-16/h2-6,9H,7-8,16H2,1H3,(H,17,19)(H,18,20). The van der Waals surface area contributed by atoms with Crippen molar-refractivity contribution in [3.63, 3.8) is 0 Å². The van der Waals surface area contributed by atoms with Crippen LogP contribution in [0.15, 0.2) is 41.3 Å². The summed E-state index contributed by atoms with van der Waals surface area (Å²) in [5.41, 5.74) is 8.12. The average molecular weight is 271 g/mol. The zero-order valence-corrected chi connectivity index (χ0v) is 11.3. The molecule has 0 unspecified atom stereocenters. The van der Waals surface area contributed by atoms with E-state index in [0.29, 0.717) is 13.1 Å². The smallest absolute Gasteiger partial charge is 0.257 e. The summed E-state index contributed by atoms with van der Waals surface area (Å²) in [5.74, 6) is -0.391. The molecule has 2 aromatic rings. The molecule has 0 spiro atoms. The maximum atomic E-state index is 12.0. The van der Waals surface area contributed by atoms with Crippen molar-refractivity contribution in [3.8, 4) is 0 Å². The van der Waals surface area contributed by atoms with Gasteiger partial charge >= 0.3 is 0 Å². The molecular formula is C15H17N3O2. The normalized spacial score (nSPS) is 10.3. The Morgan fingerprint density at radius 3 is 2.65 bits per heavy atom. The summed E-state index contributed by atoms with van der Waals surface area (Å²) in [6.45, 7) is 2.53. The van der Waals surface area contributed by atoms with Crippen molar-refractivity contribution < 1.29 is 4.79 Å². The number of nitrogens with one attached hydrogen (secondary N) is 2. The molecule has 4 N–H and O–H groups in total. The van der Waals surface area contributed by atoms with Gasteiger partial charge in [0.25, 0.3) is 5.91 Å². The maximum Gasteiger partial charge on any atom is 0.257 e. The van der Waals surface area contributed by atoms with Crippen molar-refractivity contribution >= 4 is 5.91 Å². The van der Waals surface area contributed by atoms with E-state index in [-0.39, 0.29) is 11.0 Å². The van der Waals surface area contributed by atoms with Gasteiger partial charge in [-0.3, -0.25) is 9.59 Å². The van der Waals surface area contributed by atoms with Crippen LogP contribution >= 0.6 is 0 Å². The summed E-state index contributed by atoms with van der Waals surface area (Å²) in [7, 11) is 0. The Labute approximate surface area is 116 Å². The predicted molar refractivity (Wildman–Crippen MR) is 77.3 cm³/mol. The average Bonchev–Trinajstić information content (AvgIpc) is 2.45. The molecule has 1 aromatic heterocycles. The van der Waals surface area contributed by atoms with Gasteiger partial charge < -0.3 is 16.0 Å². The van der Waals surface area contributed by atoms with Crippen molar-refractivity contribution in [2.45, 2.75) is 20.0 Å². The molecule has 5 heteroatoms. The summed E-state index contributed by atoms with van der Waals surface area (Å²) in [5, 5.41) is 2.74. The number of rotatable bonds is 4. The number of aromatic nitrogens is 1. The van der Waals surface area contributed by atoms with Crippen molar-refractivity contribution in [1.82, 2.24) is 10.3 Å². The number of nitrogens with two attached hydrogens (primary N) is 1. The van der Waals surface area contributed by atoms with E-state index < -0.39 is 5.91 Å². The summed E-state index contributed by atoms with van der Waals surface area (Å²) in [4.78, 5) is 26.6. The molecule has 2 rings (SSSR count). The lowest BCUT2D eigenvalue weighted by molar-refractivity contribution is 0.0949. The first kappa shape index (κ1) is 14.0. The molecule has 0 atom stereocenters. The third-order valence-corrected chi connectivity index (χ3v) is 3.08. The molecule has 0 aliphatic carbocycles. The zero-order valence-electron chi connectivity index (χ0n) is 11.3. The van der Waals surface area contributed by atoms with Crippen LogP contribution in [-0.2, 0) is 13.1 Å². The molecule has 0 saturated carbocycles. The number of carbonyl (C=O) groups is 1. The van der Waals surface area contributed by atoms with E-state index in [1.165, 1.54) is 12.3 Å². The number of amides is 1. The van der Waals surface area contributed by atoms with Crippen molar-refractivity contribution in [3.05, 3.63) is 69.1 Å². The molecule has 0 fully saturated rings. The first-order valence-electron chi connectivity index (χ1n) is 6.36. The van der Waals surface area contributed by atoms with Crippen LogP contribution in [0, 0.1) is 6.92 Å². The van der Waals surface area contributed by atoms with Crippen LogP contribution < -0.4 is 16.5 Å². The van der Waals surface area contributed by atoms with Gasteiger partial charge in [0.15, 0.2) is 5.43 Å². The summed E-state index contributed by atoms with van der Waals surface area (Å²) in [6.07, 6.45) is 1.43. The van der Waals surface area contributed by atoms with Crippen molar-refractivity contribution in [2.24, 2.45) is 5.73 Å². The first-order valence-corrected chi connectivity index (χ1v) is 6.36. The fourth-order valence-electron chi connectivity index (χ4n) is 1.95. The zero-order chi connectivity index (χ0) is 14.5. The van der Waals surface area contributed by atoms with Gasteiger partial charge in [-0.2, -0.15) is 0 Å². The molecule has 0 bridgehead atoms. The van der Waals surface area contributed by atoms with Gasteiger partial charge in [0, 0.05) is 31.0 Å².